The molecule has 0 amide bonds. The SMILES string of the molecule is COC(=O)c1cccc(N2CCN(S(=O)(=O)c3ccc(C)cc3C)CC2)c1. The molecule has 6 nitrogen and oxygen atoms in total. The molecule has 0 atom stereocenters. The molecule has 2 aromatic carbocycles. The highest BCUT2D eigenvalue weighted by Crippen LogP contribution is 2.24. The number of hydrogen-bond donors (Lipinski definition) is 0. The van der Waals surface area contributed by atoms with Crippen molar-refractivity contribution in [2.75, 3.05) is 38.2 Å². The Morgan fingerprint density at radius 3 is 2.33 bits per heavy atom. The quantitative estimate of drug-likeness (QED) is 0.753. The largest absolute Gasteiger partial charge is 0.465 e. The fraction of sp³-hybridized carbons (Fsp3) is 0.350. The van der Waals surface area contributed by atoms with Crippen LogP contribution in [0.5, 0.6) is 0 Å². The second-order valence-electron chi connectivity index (χ2n) is 6.70. The Morgan fingerprint density at radius 2 is 1.70 bits per heavy atom. The second kappa shape index (κ2) is 7.70. The van der Waals surface area contributed by atoms with Crippen molar-refractivity contribution in [3.63, 3.8) is 0 Å². The number of hydrogen-bond acceptors (Lipinski definition) is 5. The van der Waals surface area contributed by atoms with Crippen LogP contribution < -0.4 is 4.90 Å². The predicted molar refractivity (Wildman–Crippen MR) is 105 cm³/mol. The van der Waals surface area contributed by atoms with E-state index < -0.39 is 10.0 Å². The van der Waals surface area contributed by atoms with Gasteiger partial charge in [-0.05, 0) is 43.7 Å². The molecule has 1 aliphatic heterocycles. The van der Waals surface area contributed by atoms with Gasteiger partial charge in [0.05, 0.1) is 17.6 Å². The fourth-order valence-electron chi connectivity index (χ4n) is 3.36. The van der Waals surface area contributed by atoms with E-state index in [1.807, 2.05) is 32.0 Å². The van der Waals surface area contributed by atoms with Gasteiger partial charge in [-0.3, -0.25) is 0 Å². The lowest BCUT2D eigenvalue weighted by Gasteiger charge is -2.35. The van der Waals surface area contributed by atoms with Gasteiger partial charge in [0.25, 0.3) is 0 Å². The van der Waals surface area contributed by atoms with Crippen LogP contribution in [0.25, 0.3) is 0 Å². The number of ether oxygens (including phenoxy) is 1. The zero-order valence-electron chi connectivity index (χ0n) is 15.8. The molecule has 0 unspecified atom stereocenters. The van der Waals surface area contributed by atoms with Crippen LogP contribution in [-0.2, 0) is 14.8 Å². The van der Waals surface area contributed by atoms with Crippen molar-refractivity contribution in [2.45, 2.75) is 18.7 Å². The Balaban J connectivity index is 1.74. The Labute approximate surface area is 160 Å². The maximum Gasteiger partial charge on any atom is 0.337 e. The van der Waals surface area contributed by atoms with E-state index in [-0.39, 0.29) is 5.97 Å². The molecule has 1 saturated heterocycles. The van der Waals surface area contributed by atoms with Crippen molar-refractivity contribution in [1.29, 1.82) is 0 Å². The molecule has 27 heavy (non-hydrogen) atoms. The summed E-state index contributed by atoms with van der Waals surface area (Å²) in [5, 5.41) is 0. The third-order valence-electron chi connectivity index (χ3n) is 4.82. The van der Waals surface area contributed by atoms with Gasteiger partial charge in [0.15, 0.2) is 0 Å². The molecular formula is C20H24N2O4S. The summed E-state index contributed by atoms with van der Waals surface area (Å²) in [5.41, 5.74) is 3.19. The Hall–Kier alpha value is -2.38. The number of rotatable bonds is 4. The van der Waals surface area contributed by atoms with E-state index in [1.54, 1.807) is 24.3 Å². The van der Waals surface area contributed by atoms with E-state index in [0.29, 0.717) is 36.6 Å². The first kappa shape index (κ1) is 19.4. The average Bonchev–Trinajstić information content (AvgIpc) is 2.67. The van der Waals surface area contributed by atoms with Gasteiger partial charge in [-0.2, -0.15) is 4.31 Å². The molecule has 0 aromatic heterocycles. The van der Waals surface area contributed by atoms with E-state index in [0.717, 1.165) is 16.8 Å². The lowest BCUT2D eigenvalue weighted by atomic mass is 10.2. The second-order valence-corrected chi connectivity index (χ2v) is 8.61. The van der Waals surface area contributed by atoms with Crippen LogP contribution in [0, 0.1) is 13.8 Å². The van der Waals surface area contributed by atoms with E-state index in [4.69, 9.17) is 4.74 Å². The van der Waals surface area contributed by atoms with Crippen molar-refractivity contribution in [3.8, 4) is 0 Å². The van der Waals surface area contributed by atoms with Crippen molar-refractivity contribution < 1.29 is 17.9 Å². The molecule has 0 aliphatic carbocycles. The minimum atomic E-state index is -3.51. The lowest BCUT2D eigenvalue weighted by Crippen LogP contribution is -2.48. The van der Waals surface area contributed by atoms with Crippen LogP contribution in [0.1, 0.15) is 21.5 Å². The highest BCUT2D eigenvalue weighted by molar-refractivity contribution is 7.89. The van der Waals surface area contributed by atoms with Gasteiger partial charge in [-0.15, -0.1) is 0 Å². The van der Waals surface area contributed by atoms with E-state index in [9.17, 15) is 13.2 Å². The Bertz CT molecular complexity index is 948. The van der Waals surface area contributed by atoms with Gasteiger partial charge in [0.2, 0.25) is 10.0 Å². The summed E-state index contributed by atoms with van der Waals surface area (Å²) in [7, 11) is -2.16. The number of piperazine rings is 1. The monoisotopic (exact) mass is 388 g/mol. The van der Waals surface area contributed by atoms with Crippen LogP contribution in [0.3, 0.4) is 0 Å². The fourth-order valence-corrected chi connectivity index (χ4v) is 4.99. The summed E-state index contributed by atoms with van der Waals surface area (Å²) in [5.74, 6) is -0.382. The van der Waals surface area contributed by atoms with E-state index >= 15 is 0 Å². The average molecular weight is 388 g/mol. The van der Waals surface area contributed by atoms with Gasteiger partial charge in [-0.25, -0.2) is 13.2 Å². The molecule has 144 valence electrons. The first-order chi connectivity index (χ1) is 12.8. The molecule has 1 aliphatic rings. The van der Waals surface area contributed by atoms with Gasteiger partial charge in [0, 0.05) is 31.9 Å². The topological polar surface area (TPSA) is 66.9 Å². The van der Waals surface area contributed by atoms with Gasteiger partial charge >= 0.3 is 5.97 Å². The summed E-state index contributed by atoms with van der Waals surface area (Å²) in [4.78, 5) is 14.2. The number of benzene rings is 2. The number of nitrogens with zero attached hydrogens (tertiary/aromatic N) is 2. The highest BCUT2D eigenvalue weighted by atomic mass is 32.2. The van der Waals surface area contributed by atoms with Crippen molar-refractivity contribution in [1.82, 2.24) is 4.31 Å². The van der Waals surface area contributed by atoms with E-state index in [2.05, 4.69) is 4.90 Å². The molecule has 2 aromatic rings. The summed E-state index contributed by atoms with van der Waals surface area (Å²) in [6.07, 6.45) is 0. The summed E-state index contributed by atoms with van der Waals surface area (Å²) >= 11 is 0. The normalized spacial score (nSPS) is 15.6. The van der Waals surface area contributed by atoms with Crippen LogP contribution in [-0.4, -0.2) is 52.0 Å². The van der Waals surface area contributed by atoms with Gasteiger partial charge < -0.3 is 9.64 Å². The molecule has 3 rings (SSSR count). The minimum Gasteiger partial charge on any atom is -0.465 e. The molecular weight excluding hydrogens is 364 g/mol. The molecule has 1 heterocycles. The van der Waals surface area contributed by atoms with Crippen LogP contribution in [0.4, 0.5) is 5.69 Å². The van der Waals surface area contributed by atoms with E-state index in [1.165, 1.54) is 11.4 Å². The standard InChI is InChI=1S/C20H24N2O4S/c1-15-7-8-19(16(2)13-15)27(24,25)22-11-9-21(10-12-22)18-6-4-5-17(14-18)20(23)26-3/h4-8,13-14H,9-12H2,1-3H3. The highest BCUT2D eigenvalue weighted by Gasteiger charge is 2.29. The maximum atomic E-state index is 13.0. The number of carbonyl (C=O) groups is 1. The van der Waals surface area contributed by atoms with Crippen molar-refractivity contribution in [2.24, 2.45) is 0 Å². The van der Waals surface area contributed by atoms with Crippen LogP contribution in [0.2, 0.25) is 0 Å². The van der Waals surface area contributed by atoms with Gasteiger partial charge in [-0.1, -0.05) is 23.8 Å². The zero-order chi connectivity index (χ0) is 19.6. The molecule has 0 saturated carbocycles. The third-order valence-corrected chi connectivity index (χ3v) is 6.88. The molecule has 0 bridgehead atoms. The molecule has 1 fully saturated rings. The molecule has 0 N–H and O–H groups in total. The smallest absolute Gasteiger partial charge is 0.337 e. The summed E-state index contributed by atoms with van der Waals surface area (Å²) in [6.45, 7) is 5.71. The van der Waals surface area contributed by atoms with Crippen molar-refractivity contribution in [3.05, 3.63) is 59.2 Å². The number of anilines is 1. The zero-order valence-corrected chi connectivity index (χ0v) is 16.6. The molecule has 0 radical (unpaired) electrons. The first-order valence-electron chi connectivity index (χ1n) is 8.83. The van der Waals surface area contributed by atoms with Crippen LogP contribution >= 0.6 is 0 Å². The Morgan fingerprint density at radius 1 is 1.00 bits per heavy atom. The van der Waals surface area contributed by atoms with Crippen LogP contribution in [0.15, 0.2) is 47.4 Å². The first-order valence-corrected chi connectivity index (χ1v) is 10.3. The number of aryl methyl sites for hydroxylation is 2. The molecule has 7 heteroatoms. The number of carbonyl (C=O) groups excluding carboxylic acids is 1. The summed E-state index contributed by atoms with van der Waals surface area (Å²) < 4.78 is 32.3. The maximum absolute atomic E-state index is 13.0. The van der Waals surface area contributed by atoms with Gasteiger partial charge in [0.1, 0.15) is 0 Å². The number of methoxy groups -OCH3 is 1. The Kier molecular flexibility index (Phi) is 5.53. The number of sulfonamides is 1. The minimum absolute atomic E-state index is 0.370. The lowest BCUT2D eigenvalue weighted by molar-refractivity contribution is 0.0600. The van der Waals surface area contributed by atoms with Crippen molar-refractivity contribution >= 4 is 21.7 Å². The molecule has 0 spiro atoms. The summed E-state index contributed by atoms with van der Waals surface area (Å²) in [6, 6.07) is 12.6. The predicted octanol–water partition coefficient (Wildman–Crippen LogP) is 2.60. The number of esters is 1. The third kappa shape index (κ3) is 3.99.